The van der Waals surface area contributed by atoms with Crippen LogP contribution in [0.3, 0.4) is 0 Å². The quantitative estimate of drug-likeness (QED) is 0.548. The van der Waals surface area contributed by atoms with Crippen LogP contribution >= 0.6 is 0 Å². The van der Waals surface area contributed by atoms with Crippen LogP contribution in [0.4, 0.5) is 5.69 Å². The van der Waals surface area contributed by atoms with Crippen LogP contribution < -0.4 is 10.2 Å². The second-order valence-corrected chi connectivity index (χ2v) is 8.12. The molecule has 3 aromatic rings. The smallest absolute Gasteiger partial charge is 0.198 e. The van der Waals surface area contributed by atoms with Gasteiger partial charge >= 0.3 is 0 Å². The van der Waals surface area contributed by atoms with Gasteiger partial charge in [-0.1, -0.05) is 37.1 Å². The first-order valence-corrected chi connectivity index (χ1v) is 10.7. The van der Waals surface area contributed by atoms with Gasteiger partial charge in [0, 0.05) is 43.4 Å². The molecule has 0 radical (unpaired) electrons. The Kier molecular flexibility index (Phi) is 4.70. The van der Waals surface area contributed by atoms with E-state index in [0.717, 1.165) is 36.9 Å². The molecule has 1 spiro atoms. The van der Waals surface area contributed by atoms with E-state index in [1.54, 1.807) is 0 Å². The first kappa shape index (κ1) is 18.2. The molecule has 1 aliphatic heterocycles. The van der Waals surface area contributed by atoms with Gasteiger partial charge in [-0.2, -0.15) is 0 Å². The van der Waals surface area contributed by atoms with E-state index >= 15 is 0 Å². The largest absolute Gasteiger partial charge is 0.356 e. The van der Waals surface area contributed by atoms with E-state index in [4.69, 9.17) is 4.99 Å². The van der Waals surface area contributed by atoms with Crippen LogP contribution in [0.5, 0.6) is 0 Å². The summed E-state index contributed by atoms with van der Waals surface area (Å²) in [6.07, 6.45) is 8.00. The van der Waals surface area contributed by atoms with Gasteiger partial charge in [-0.15, -0.1) is 10.2 Å². The second kappa shape index (κ2) is 7.50. The minimum absolute atomic E-state index is 0.302. The zero-order chi connectivity index (χ0) is 19.7. The molecular formula is C23H28N6. The zero-order valence-electron chi connectivity index (χ0n) is 17.0. The van der Waals surface area contributed by atoms with Crippen LogP contribution in [-0.2, 0) is 11.8 Å². The third kappa shape index (κ3) is 3.16. The van der Waals surface area contributed by atoms with Gasteiger partial charge in [0.15, 0.2) is 11.6 Å². The average Bonchev–Trinajstić information content (AvgIpc) is 3.47. The van der Waals surface area contributed by atoms with E-state index in [1.807, 2.05) is 28.8 Å². The molecule has 0 unspecified atom stereocenters. The van der Waals surface area contributed by atoms with E-state index in [2.05, 4.69) is 51.6 Å². The molecule has 0 saturated heterocycles. The Morgan fingerprint density at radius 1 is 1.10 bits per heavy atom. The minimum atomic E-state index is 0.302. The number of aliphatic imine (C=N–C) groups is 1. The highest BCUT2D eigenvalue weighted by Gasteiger charge is 2.45. The topological polar surface area (TPSA) is 57.8 Å². The van der Waals surface area contributed by atoms with Gasteiger partial charge in [-0.3, -0.25) is 9.39 Å². The SMILES string of the molecule is CCNC(=NCCc1nnc2ccccn12)N1CC2(CCCC2)c2ccccc21. The molecule has 0 atom stereocenters. The van der Waals surface area contributed by atoms with Crippen molar-refractivity contribution in [3.63, 3.8) is 0 Å². The van der Waals surface area contributed by atoms with Crippen molar-refractivity contribution < 1.29 is 0 Å². The predicted molar refractivity (Wildman–Crippen MR) is 117 cm³/mol. The van der Waals surface area contributed by atoms with E-state index in [1.165, 1.54) is 36.9 Å². The maximum absolute atomic E-state index is 4.98. The summed E-state index contributed by atoms with van der Waals surface area (Å²) in [5.74, 6) is 1.94. The molecule has 2 aromatic heterocycles. The molecule has 1 N–H and O–H groups in total. The van der Waals surface area contributed by atoms with E-state index < -0.39 is 0 Å². The lowest BCUT2D eigenvalue weighted by Gasteiger charge is -2.26. The molecule has 1 aromatic carbocycles. The number of para-hydroxylation sites is 1. The maximum atomic E-state index is 4.98. The number of pyridine rings is 1. The third-order valence-corrected chi connectivity index (χ3v) is 6.36. The molecule has 1 fully saturated rings. The summed E-state index contributed by atoms with van der Waals surface area (Å²) in [4.78, 5) is 7.39. The van der Waals surface area contributed by atoms with E-state index in [-0.39, 0.29) is 0 Å². The Morgan fingerprint density at radius 2 is 1.93 bits per heavy atom. The summed E-state index contributed by atoms with van der Waals surface area (Å²) in [5, 5.41) is 12.1. The van der Waals surface area contributed by atoms with Gasteiger partial charge in [-0.25, -0.2) is 0 Å². The molecule has 1 aliphatic carbocycles. The summed E-state index contributed by atoms with van der Waals surface area (Å²) >= 11 is 0. The normalized spacial score (nSPS) is 18.0. The van der Waals surface area contributed by atoms with Gasteiger partial charge in [0.1, 0.15) is 5.82 Å². The molecule has 0 bridgehead atoms. The Morgan fingerprint density at radius 3 is 2.79 bits per heavy atom. The fraction of sp³-hybridized carbons (Fsp3) is 0.435. The van der Waals surface area contributed by atoms with E-state index in [9.17, 15) is 0 Å². The van der Waals surface area contributed by atoms with Crippen molar-refractivity contribution in [2.75, 3.05) is 24.5 Å². The number of benzene rings is 1. The lowest BCUT2D eigenvalue weighted by atomic mass is 9.81. The number of fused-ring (bicyclic) bond motifs is 3. The van der Waals surface area contributed by atoms with Crippen molar-refractivity contribution in [3.8, 4) is 0 Å². The molecule has 29 heavy (non-hydrogen) atoms. The Bertz CT molecular complexity index is 1030. The highest BCUT2D eigenvalue weighted by Crippen LogP contribution is 2.50. The summed E-state index contributed by atoms with van der Waals surface area (Å²) < 4.78 is 2.04. The van der Waals surface area contributed by atoms with Crippen molar-refractivity contribution in [2.24, 2.45) is 4.99 Å². The van der Waals surface area contributed by atoms with Gasteiger partial charge in [0.2, 0.25) is 0 Å². The lowest BCUT2D eigenvalue weighted by molar-refractivity contribution is 0.478. The summed E-state index contributed by atoms with van der Waals surface area (Å²) in [5.41, 5.74) is 4.01. The standard InChI is InChI=1S/C23H28N6/c1-2-24-22(25-15-12-21-27-26-20-11-5-8-16-28(20)21)29-17-23(13-6-7-14-23)18-9-3-4-10-19(18)29/h3-5,8-11,16H,2,6-7,12-15,17H2,1H3,(H,24,25). The number of anilines is 1. The Hall–Kier alpha value is -2.89. The molecule has 3 heterocycles. The monoisotopic (exact) mass is 388 g/mol. The summed E-state index contributed by atoms with van der Waals surface area (Å²) in [7, 11) is 0. The Labute approximate surface area is 171 Å². The third-order valence-electron chi connectivity index (χ3n) is 6.36. The molecular weight excluding hydrogens is 360 g/mol. The highest BCUT2D eigenvalue weighted by molar-refractivity contribution is 5.98. The number of rotatable bonds is 4. The number of hydrogen-bond donors (Lipinski definition) is 1. The average molecular weight is 389 g/mol. The Balaban J connectivity index is 1.40. The van der Waals surface area contributed by atoms with Crippen LogP contribution in [0.15, 0.2) is 53.7 Å². The lowest BCUT2D eigenvalue weighted by Crippen LogP contribution is -2.43. The number of guanidine groups is 1. The molecule has 2 aliphatic rings. The van der Waals surface area contributed by atoms with Crippen molar-refractivity contribution in [1.29, 1.82) is 0 Å². The summed E-state index contributed by atoms with van der Waals surface area (Å²) in [6, 6.07) is 14.9. The molecule has 1 saturated carbocycles. The number of hydrogen-bond acceptors (Lipinski definition) is 3. The van der Waals surface area contributed by atoms with Crippen LogP contribution in [0.1, 0.15) is 44.0 Å². The van der Waals surface area contributed by atoms with Crippen LogP contribution in [0.25, 0.3) is 5.65 Å². The fourth-order valence-electron chi connectivity index (χ4n) is 5.02. The molecule has 6 heteroatoms. The van der Waals surface area contributed by atoms with Crippen LogP contribution in [-0.4, -0.2) is 40.2 Å². The maximum Gasteiger partial charge on any atom is 0.198 e. The number of nitrogens with one attached hydrogen (secondary N) is 1. The van der Waals surface area contributed by atoms with Crippen molar-refractivity contribution in [2.45, 2.75) is 44.4 Å². The molecule has 0 amide bonds. The van der Waals surface area contributed by atoms with Gasteiger partial charge < -0.3 is 10.2 Å². The molecule has 5 rings (SSSR count). The fourth-order valence-corrected chi connectivity index (χ4v) is 5.02. The van der Waals surface area contributed by atoms with E-state index in [0.29, 0.717) is 12.0 Å². The summed E-state index contributed by atoms with van der Waals surface area (Å²) in [6.45, 7) is 4.71. The van der Waals surface area contributed by atoms with Crippen molar-refractivity contribution >= 4 is 17.3 Å². The molecule has 6 nitrogen and oxygen atoms in total. The van der Waals surface area contributed by atoms with Gasteiger partial charge in [-0.05, 0) is 43.5 Å². The minimum Gasteiger partial charge on any atom is -0.356 e. The van der Waals surface area contributed by atoms with Crippen LogP contribution in [0, 0.1) is 0 Å². The van der Waals surface area contributed by atoms with Crippen LogP contribution in [0.2, 0.25) is 0 Å². The first-order chi connectivity index (χ1) is 14.3. The molecule has 150 valence electrons. The first-order valence-electron chi connectivity index (χ1n) is 10.7. The van der Waals surface area contributed by atoms with Crippen molar-refractivity contribution in [1.82, 2.24) is 19.9 Å². The van der Waals surface area contributed by atoms with Crippen molar-refractivity contribution in [3.05, 3.63) is 60.0 Å². The second-order valence-electron chi connectivity index (χ2n) is 8.12. The number of aromatic nitrogens is 3. The zero-order valence-corrected chi connectivity index (χ0v) is 17.0. The number of nitrogens with zero attached hydrogens (tertiary/aromatic N) is 5. The predicted octanol–water partition coefficient (Wildman–Crippen LogP) is 3.57. The van der Waals surface area contributed by atoms with Gasteiger partial charge in [0.25, 0.3) is 0 Å². The highest BCUT2D eigenvalue weighted by atomic mass is 15.3. The van der Waals surface area contributed by atoms with Gasteiger partial charge in [0.05, 0.1) is 0 Å².